The topological polar surface area (TPSA) is 98.7 Å². The fourth-order valence-electron chi connectivity index (χ4n) is 4.27. The van der Waals surface area contributed by atoms with Crippen molar-refractivity contribution in [1.82, 2.24) is 9.66 Å². The second kappa shape index (κ2) is 12.2. The van der Waals surface area contributed by atoms with E-state index in [0.29, 0.717) is 44.5 Å². The highest BCUT2D eigenvalue weighted by Crippen LogP contribution is 2.30. The lowest BCUT2D eigenvalue weighted by Gasteiger charge is -2.12. The molecule has 0 atom stereocenters. The first-order valence-electron chi connectivity index (χ1n) is 12.6. The molecule has 4 aromatic carbocycles. The van der Waals surface area contributed by atoms with Gasteiger partial charge in [-0.05, 0) is 111 Å². The SMILES string of the molecule is O=C(COc1c(I)cc(C=Nn2c(-c3cc4ccccc4o3)nc3ccccc3c2=O)cc1I)Nc1ccc(Cl)cc1. The number of rotatable bonds is 7. The third-order valence-electron chi connectivity index (χ3n) is 6.22. The van der Waals surface area contributed by atoms with Crippen molar-refractivity contribution in [2.75, 3.05) is 11.9 Å². The zero-order valence-electron chi connectivity index (χ0n) is 21.6. The number of carbonyl (C=O) groups is 1. The molecule has 11 heteroatoms. The summed E-state index contributed by atoms with van der Waals surface area (Å²) < 4.78 is 14.7. The van der Waals surface area contributed by atoms with Crippen molar-refractivity contribution in [1.29, 1.82) is 0 Å². The van der Waals surface area contributed by atoms with Gasteiger partial charge < -0.3 is 14.5 Å². The molecule has 42 heavy (non-hydrogen) atoms. The molecule has 8 nitrogen and oxygen atoms in total. The largest absolute Gasteiger partial charge is 0.482 e. The number of hydrogen-bond donors (Lipinski definition) is 1. The maximum atomic E-state index is 13.5. The van der Waals surface area contributed by atoms with Crippen LogP contribution in [0, 0.1) is 7.14 Å². The van der Waals surface area contributed by atoms with Crippen molar-refractivity contribution in [3.05, 3.63) is 119 Å². The first-order valence-corrected chi connectivity index (χ1v) is 15.1. The van der Waals surface area contributed by atoms with Gasteiger partial charge >= 0.3 is 0 Å². The van der Waals surface area contributed by atoms with Gasteiger partial charge in [0.1, 0.15) is 11.3 Å². The number of furan rings is 1. The Morgan fingerprint density at radius 3 is 2.48 bits per heavy atom. The highest BCUT2D eigenvalue weighted by molar-refractivity contribution is 14.1. The average molecular weight is 801 g/mol. The predicted molar refractivity (Wildman–Crippen MR) is 182 cm³/mol. The standard InChI is InChI=1S/C31H19ClI2N4O4/c32-20-9-11-21(12-10-20)36-28(39)17-41-29-23(33)13-18(14-24(29)34)16-35-38-30(27-15-19-5-1-4-8-26(19)42-27)37-25-7-3-2-6-22(25)31(38)40/h1-16H,17H2,(H,36,39). The van der Waals surface area contributed by atoms with Crippen LogP contribution in [0.3, 0.4) is 0 Å². The average Bonchev–Trinajstić information content (AvgIpc) is 3.42. The molecule has 0 aliphatic rings. The van der Waals surface area contributed by atoms with Crippen LogP contribution in [0.2, 0.25) is 5.02 Å². The van der Waals surface area contributed by atoms with Crippen molar-refractivity contribution in [2.45, 2.75) is 0 Å². The number of anilines is 1. The van der Waals surface area contributed by atoms with E-state index in [1.165, 1.54) is 4.68 Å². The number of para-hydroxylation sites is 2. The minimum Gasteiger partial charge on any atom is -0.482 e. The van der Waals surface area contributed by atoms with Crippen LogP contribution < -0.4 is 15.6 Å². The lowest BCUT2D eigenvalue weighted by Crippen LogP contribution is -2.21. The number of carbonyl (C=O) groups excluding carboxylic acids is 1. The van der Waals surface area contributed by atoms with Gasteiger partial charge in [-0.15, -0.1) is 0 Å². The summed E-state index contributed by atoms with van der Waals surface area (Å²) in [5, 5.41) is 9.25. The summed E-state index contributed by atoms with van der Waals surface area (Å²) in [6, 6.07) is 27.1. The number of aromatic nitrogens is 2. The summed E-state index contributed by atoms with van der Waals surface area (Å²) >= 11 is 10.2. The molecule has 0 saturated heterocycles. The molecule has 6 aromatic rings. The molecule has 0 radical (unpaired) electrons. The Morgan fingerprint density at radius 2 is 1.71 bits per heavy atom. The van der Waals surface area contributed by atoms with Crippen molar-refractivity contribution in [3.8, 4) is 17.3 Å². The zero-order chi connectivity index (χ0) is 29.2. The molecule has 0 fully saturated rings. The summed E-state index contributed by atoms with van der Waals surface area (Å²) in [6.45, 7) is -0.166. The van der Waals surface area contributed by atoms with Gasteiger partial charge in [-0.2, -0.15) is 9.78 Å². The van der Waals surface area contributed by atoms with Gasteiger partial charge in [0.25, 0.3) is 11.5 Å². The summed E-state index contributed by atoms with van der Waals surface area (Å²) in [5.74, 6) is 1.01. The van der Waals surface area contributed by atoms with E-state index in [1.807, 2.05) is 48.5 Å². The minimum atomic E-state index is -0.316. The Bertz CT molecular complexity index is 2000. The predicted octanol–water partition coefficient (Wildman–Crippen LogP) is 7.57. The number of nitrogens with zero attached hydrogens (tertiary/aromatic N) is 3. The molecule has 6 rings (SSSR count). The van der Waals surface area contributed by atoms with E-state index in [2.05, 4.69) is 55.6 Å². The van der Waals surface area contributed by atoms with E-state index in [-0.39, 0.29) is 18.1 Å². The van der Waals surface area contributed by atoms with Crippen LogP contribution >= 0.6 is 56.8 Å². The second-order valence-electron chi connectivity index (χ2n) is 9.12. The van der Waals surface area contributed by atoms with Gasteiger partial charge in [0.05, 0.1) is 24.3 Å². The molecule has 2 aromatic heterocycles. The monoisotopic (exact) mass is 800 g/mol. The number of halogens is 3. The highest BCUT2D eigenvalue weighted by atomic mass is 127. The molecular weight excluding hydrogens is 782 g/mol. The molecule has 0 bridgehead atoms. The van der Waals surface area contributed by atoms with Crippen LogP contribution in [0.15, 0.2) is 105 Å². The Balaban J connectivity index is 1.28. The Morgan fingerprint density at radius 1 is 1.00 bits per heavy atom. The van der Waals surface area contributed by atoms with Crippen LogP contribution in [0.25, 0.3) is 33.5 Å². The van der Waals surface area contributed by atoms with E-state index >= 15 is 0 Å². The second-order valence-corrected chi connectivity index (χ2v) is 11.9. The smallest absolute Gasteiger partial charge is 0.282 e. The first kappa shape index (κ1) is 28.4. The number of amides is 1. The first-order chi connectivity index (χ1) is 20.4. The molecular formula is C31H19ClI2N4O4. The van der Waals surface area contributed by atoms with Crippen molar-refractivity contribution in [2.24, 2.45) is 5.10 Å². The third-order valence-corrected chi connectivity index (χ3v) is 8.07. The molecule has 1 amide bonds. The molecule has 1 N–H and O–H groups in total. The zero-order valence-corrected chi connectivity index (χ0v) is 26.6. The third kappa shape index (κ3) is 6.05. The molecule has 0 aliphatic carbocycles. The maximum absolute atomic E-state index is 13.5. The lowest BCUT2D eigenvalue weighted by atomic mass is 10.2. The van der Waals surface area contributed by atoms with Crippen LogP contribution in [0.4, 0.5) is 5.69 Å². The van der Waals surface area contributed by atoms with Crippen LogP contribution in [0.5, 0.6) is 5.75 Å². The Hall–Kier alpha value is -3.75. The molecule has 2 heterocycles. The van der Waals surface area contributed by atoms with Crippen LogP contribution in [-0.2, 0) is 4.79 Å². The lowest BCUT2D eigenvalue weighted by molar-refractivity contribution is -0.118. The van der Waals surface area contributed by atoms with Gasteiger partial charge in [0.2, 0.25) is 5.82 Å². The maximum Gasteiger partial charge on any atom is 0.282 e. The molecule has 0 saturated carbocycles. The summed E-state index contributed by atoms with van der Waals surface area (Å²) in [6.07, 6.45) is 1.59. The number of hydrogen-bond acceptors (Lipinski definition) is 6. The minimum absolute atomic E-state index is 0.166. The molecule has 0 spiro atoms. The van der Waals surface area contributed by atoms with Crippen LogP contribution in [-0.4, -0.2) is 28.4 Å². The van der Waals surface area contributed by atoms with Gasteiger partial charge in [0, 0.05) is 16.1 Å². The fourth-order valence-corrected chi connectivity index (χ4v) is 6.52. The van der Waals surface area contributed by atoms with Crippen molar-refractivity contribution in [3.63, 3.8) is 0 Å². The highest BCUT2D eigenvalue weighted by Gasteiger charge is 2.17. The Kier molecular flexibility index (Phi) is 8.27. The van der Waals surface area contributed by atoms with Crippen molar-refractivity contribution >= 4 is 96.5 Å². The summed E-state index contributed by atoms with van der Waals surface area (Å²) in [5.41, 5.74) is 2.28. The van der Waals surface area contributed by atoms with E-state index in [0.717, 1.165) is 18.1 Å². The van der Waals surface area contributed by atoms with E-state index in [1.54, 1.807) is 48.7 Å². The quantitative estimate of drug-likeness (QED) is 0.133. The number of fused-ring (bicyclic) bond motifs is 2. The molecule has 208 valence electrons. The number of nitrogens with one attached hydrogen (secondary N) is 1. The van der Waals surface area contributed by atoms with Gasteiger partial charge in [-0.25, -0.2) is 4.98 Å². The molecule has 0 unspecified atom stereocenters. The fraction of sp³-hybridized carbons (Fsp3) is 0.0323. The number of ether oxygens (including phenoxy) is 1. The van der Waals surface area contributed by atoms with E-state index in [9.17, 15) is 9.59 Å². The van der Waals surface area contributed by atoms with Gasteiger partial charge in [-0.3, -0.25) is 9.59 Å². The van der Waals surface area contributed by atoms with E-state index in [4.69, 9.17) is 25.7 Å². The summed E-state index contributed by atoms with van der Waals surface area (Å²) in [7, 11) is 0. The van der Waals surface area contributed by atoms with Crippen molar-refractivity contribution < 1.29 is 13.9 Å². The van der Waals surface area contributed by atoms with Gasteiger partial charge in [-0.1, -0.05) is 41.9 Å². The number of benzene rings is 4. The van der Waals surface area contributed by atoms with E-state index < -0.39 is 0 Å². The van der Waals surface area contributed by atoms with Crippen LogP contribution in [0.1, 0.15) is 5.56 Å². The normalized spacial score (nSPS) is 11.4. The van der Waals surface area contributed by atoms with Gasteiger partial charge in [0.15, 0.2) is 12.4 Å². The molecule has 0 aliphatic heterocycles. The summed E-state index contributed by atoms with van der Waals surface area (Å²) in [4.78, 5) is 30.7. The Labute approximate surface area is 271 Å².